The first-order valence-corrected chi connectivity index (χ1v) is 5.34. The topological polar surface area (TPSA) is 80.9 Å². The molecule has 1 aromatic carbocycles. The molecule has 7 heteroatoms. The number of rotatable bonds is 4. The first-order valence-electron chi connectivity index (χ1n) is 5.34. The van der Waals surface area contributed by atoms with E-state index in [1.807, 2.05) is 0 Å². The normalized spacial score (nSPS) is 12.3. The van der Waals surface area contributed by atoms with Gasteiger partial charge < -0.3 is 5.11 Å². The van der Waals surface area contributed by atoms with E-state index in [0.717, 1.165) is 0 Å². The van der Waals surface area contributed by atoms with E-state index < -0.39 is 17.8 Å². The Morgan fingerprint density at radius 2 is 2.22 bits per heavy atom. The summed E-state index contributed by atoms with van der Waals surface area (Å²) in [6.45, 7) is 1.66. The lowest BCUT2D eigenvalue weighted by Crippen LogP contribution is -2.13. The maximum atomic E-state index is 13.6. The van der Waals surface area contributed by atoms with Gasteiger partial charge in [-0.15, -0.1) is 5.10 Å². The molecule has 18 heavy (non-hydrogen) atoms. The van der Waals surface area contributed by atoms with Crippen LogP contribution in [0.4, 0.5) is 4.39 Å². The van der Waals surface area contributed by atoms with Crippen molar-refractivity contribution in [3.63, 3.8) is 0 Å². The predicted molar refractivity (Wildman–Crippen MR) is 60.2 cm³/mol. The molecule has 0 amide bonds. The molecule has 94 valence electrons. The molecule has 0 radical (unpaired) electrons. The number of halogens is 1. The number of carbonyl (C=O) groups is 1. The molecule has 0 aliphatic rings. The Labute approximate surface area is 102 Å². The number of nitrogens with zero attached hydrogens (tertiary/aromatic N) is 4. The van der Waals surface area contributed by atoms with E-state index in [1.54, 1.807) is 25.1 Å². The molecule has 0 spiro atoms. The minimum absolute atomic E-state index is 0.132. The highest BCUT2D eigenvalue weighted by atomic mass is 19.1. The third-order valence-corrected chi connectivity index (χ3v) is 2.50. The minimum Gasteiger partial charge on any atom is -0.481 e. The lowest BCUT2D eigenvalue weighted by molar-refractivity contribution is -0.137. The predicted octanol–water partition coefficient (Wildman–Crippen LogP) is 1.51. The third kappa shape index (κ3) is 2.34. The van der Waals surface area contributed by atoms with Crippen molar-refractivity contribution >= 4 is 5.97 Å². The molecule has 0 bridgehead atoms. The molecule has 1 atom stereocenters. The first kappa shape index (κ1) is 12.2. The Morgan fingerprint density at radius 1 is 1.50 bits per heavy atom. The molecule has 0 saturated carbocycles. The van der Waals surface area contributed by atoms with Gasteiger partial charge in [0.2, 0.25) is 0 Å². The van der Waals surface area contributed by atoms with Crippen LogP contribution in [0.1, 0.15) is 19.4 Å². The number of benzene rings is 1. The molecule has 0 aliphatic heterocycles. The van der Waals surface area contributed by atoms with Crippen molar-refractivity contribution in [2.75, 3.05) is 0 Å². The van der Waals surface area contributed by atoms with Crippen molar-refractivity contribution in [2.24, 2.45) is 0 Å². The summed E-state index contributed by atoms with van der Waals surface area (Å²) < 4.78 is 14.9. The molecule has 0 saturated heterocycles. The van der Waals surface area contributed by atoms with Crippen LogP contribution in [0, 0.1) is 5.82 Å². The van der Waals surface area contributed by atoms with Crippen molar-refractivity contribution in [1.82, 2.24) is 20.2 Å². The molecular weight excluding hydrogens is 239 g/mol. The van der Waals surface area contributed by atoms with Crippen molar-refractivity contribution in [3.8, 4) is 11.4 Å². The molecule has 1 heterocycles. The summed E-state index contributed by atoms with van der Waals surface area (Å²) in [6.07, 6.45) is -0.132. The molecule has 1 N–H and O–H groups in total. The van der Waals surface area contributed by atoms with Crippen LogP contribution in [-0.4, -0.2) is 31.3 Å². The zero-order chi connectivity index (χ0) is 13.1. The van der Waals surface area contributed by atoms with Gasteiger partial charge in [-0.1, -0.05) is 12.1 Å². The van der Waals surface area contributed by atoms with Gasteiger partial charge in [0.05, 0.1) is 18.0 Å². The molecule has 1 aromatic heterocycles. The average Bonchev–Trinajstić information content (AvgIpc) is 2.77. The van der Waals surface area contributed by atoms with Crippen LogP contribution in [0.3, 0.4) is 0 Å². The number of hydrogen-bond acceptors (Lipinski definition) is 4. The van der Waals surface area contributed by atoms with Crippen LogP contribution in [0.2, 0.25) is 0 Å². The third-order valence-electron chi connectivity index (χ3n) is 2.50. The Morgan fingerprint density at radius 3 is 2.89 bits per heavy atom. The number of carboxylic acids is 1. The van der Waals surface area contributed by atoms with Gasteiger partial charge in [-0.2, -0.15) is 0 Å². The Bertz CT molecular complexity index is 570. The number of aromatic nitrogens is 4. The van der Waals surface area contributed by atoms with E-state index in [4.69, 9.17) is 5.11 Å². The van der Waals surface area contributed by atoms with Gasteiger partial charge >= 0.3 is 5.97 Å². The smallest absolute Gasteiger partial charge is 0.305 e. The van der Waals surface area contributed by atoms with E-state index in [1.165, 1.54) is 10.7 Å². The van der Waals surface area contributed by atoms with E-state index in [2.05, 4.69) is 15.5 Å². The summed E-state index contributed by atoms with van der Waals surface area (Å²) in [5.74, 6) is -1.18. The lowest BCUT2D eigenvalue weighted by atomic mass is 10.2. The highest BCUT2D eigenvalue weighted by Gasteiger charge is 2.18. The summed E-state index contributed by atoms with van der Waals surface area (Å²) in [5.41, 5.74) is 0.250. The number of tetrazole rings is 1. The largest absolute Gasteiger partial charge is 0.481 e. The standard InChI is InChI=1S/C11H11FN4O2/c1-7(6-10(17)18)16-11(13-14-15-16)8-4-2-3-5-9(8)12/h2-5,7H,6H2,1H3,(H,17,18). The maximum absolute atomic E-state index is 13.6. The fourth-order valence-electron chi connectivity index (χ4n) is 1.65. The van der Waals surface area contributed by atoms with Crippen LogP contribution in [0.5, 0.6) is 0 Å². The van der Waals surface area contributed by atoms with E-state index in [0.29, 0.717) is 0 Å². The summed E-state index contributed by atoms with van der Waals surface area (Å²) in [5, 5.41) is 19.7. The van der Waals surface area contributed by atoms with Gasteiger partial charge in [-0.3, -0.25) is 4.79 Å². The Hall–Kier alpha value is -2.31. The van der Waals surface area contributed by atoms with Crippen molar-refractivity contribution in [1.29, 1.82) is 0 Å². The molecule has 2 rings (SSSR count). The molecule has 2 aromatic rings. The van der Waals surface area contributed by atoms with Crippen molar-refractivity contribution in [2.45, 2.75) is 19.4 Å². The van der Waals surface area contributed by atoms with Gasteiger partial charge in [0.25, 0.3) is 0 Å². The molecule has 0 fully saturated rings. The van der Waals surface area contributed by atoms with E-state index in [-0.39, 0.29) is 17.8 Å². The quantitative estimate of drug-likeness (QED) is 0.889. The Kier molecular flexibility index (Phi) is 3.31. The molecule has 6 nitrogen and oxygen atoms in total. The Balaban J connectivity index is 2.39. The lowest BCUT2D eigenvalue weighted by Gasteiger charge is -2.11. The number of hydrogen-bond donors (Lipinski definition) is 1. The second-order valence-electron chi connectivity index (χ2n) is 3.87. The fraction of sp³-hybridized carbons (Fsp3) is 0.273. The van der Waals surface area contributed by atoms with Crippen LogP contribution in [-0.2, 0) is 4.79 Å². The minimum atomic E-state index is -0.961. The average molecular weight is 250 g/mol. The highest BCUT2D eigenvalue weighted by molar-refractivity contribution is 5.67. The maximum Gasteiger partial charge on any atom is 0.305 e. The SMILES string of the molecule is CC(CC(=O)O)n1nnnc1-c1ccccc1F. The highest BCUT2D eigenvalue weighted by Crippen LogP contribution is 2.22. The van der Waals surface area contributed by atoms with E-state index >= 15 is 0 Å². The molecule has 0 aliphatic carbocycles. The van der Waals surface area contributed by atoms with Gasteiger partial charge in [0.15, 0.2) is 5.82 Å². The summed E-state index contributed by atoms with van der Waals surface area (Å²) in [6, 6.07) is 5.63. The van der Waals surface area contributed by atoms with Crippen molar-refractivity contribution < 1.29 is 14.3 Å². The fourth-order valence-corrected chi connectivity index (χ4v) is 1.65. The second-order valence-corrected chi connectivity index (χ2v) is 3.87. The van der Waals surface area contributed by atoms with Gasteiger partial charge in [-0.25, -0.2) is 9.07 Å². The van der Waals surface area contributed by atoms with Gasteiger partial charge in [-0.05, 0) is 29.5 Å². The number of aliphatic carboxylic acids is 1. The monoisotopic (exact) mass is 250 g/mol. The molecular formula is C11H11FN4O2. The van der Waals surface area contributed by atoms with Gasteiger partial charge in [0.1, 0.15) is 5.82 Å². The zero-order valence-electron chi connectivity index (χ0n) is 9.62. The van der Waals surface area contributed by atoms with Crippen LogP contribution in [0.25, 0.3) is 11.4 Å². The molecule has 1 unspecified atom stereocenters. The van der Waals surface area contributed by atoms with Crippen LogP contribution < -0.4 is 0 Å². The second kappa shape index (κ2) is 4.91. The van der Waals surface area contributed by atoms with E-state index in [9.17, 15) is 9.18 Å². The summed E-state index contributed by atoms with van der Waals surface area (Å²) >= 11 is 0. The van der Waals surface area contributed by atoms with Crippen LogP contribution >= 0.6 is 0 Å². The van der Waals surface area contributed by atoms with Gasteiger partial charge in [0, 0.05) is 0 Å². The first-order chi connectivity index (χ1) is 8.59. The summed E-state index contributed by atoms with van der Waals surface area (Å²) in [4.78, 5) is 10.7. The zero-order valence-corrected chi connectivity index (χ0v) is 9.62. The number of carboxylic acid groups (broad SMARTS) is 1. The van der Waals surface area contributed by atoms with Crippen LogP contribution in [0.15, 0.2) is 24.3 Å². The van der Waals surface area contributed by atoms with Crippen molar-refractivity contribution in [3.05, 3.63) is 30.1 Å². The summed E-state index contributed by atoms with van der Waals surface area (Å²) in [7, 11) is 0.